The maximum absolute atomic E-state index is 4.52. The molecule has 0 N–H and O–H groups in total. The van der Waals surface area contributed by atoms with E-state index in [0.717, 1.165) is 16.6 Å². The topological polar surface area (TPSA) is 58.7 Å². The molecule has 0 fully saturated rings. The van der Waals surface area contributed by atoms with E-state index in [0.29, 0.717) is 5.82 Å². The normalized spacial score (nSPS) is 11.7. The van der Waals surface area contributed by atoms with Crippen LogP contribution in [0.1, 0.15) is 0 Å². The Bertz CT molecular complexity index is 728. The Kier molecular flexibility index (Phi) is 2.40. The SMILES string of the molecule is CN(C)C=Nc1nc2ccccc2n2nncc12. The van der Waals surface area contributed by atoms with Crippen LogP contribution in [-0.4, -0.2) is 45.1 Å². The summed E-state index contributed by atoms with van der Waals surface area (Å²) < 4.78 is 1.75. The van der Waals surface area contributed by atoms with Gasteiger partial charge in [-0.15, -0.1) is 5.10 Å². The van der Waals surface area contributed by atoms with Crippen molar-refractivity contribution in [3.8, 4) is 0 Å². The molecule has 0 aliphatic heterocycles. The molecule has 0 saturated heterocycles. The molecule has 0 aliphatic carbocycles. The lowest BCUT2D eigenvalue weighted by Gasteiger charge is -2.04. The van der Waals surface area contributed by atoms with Gasteiger partial charge in [0.2, 0.25) is 0 Å². The molecule has 18 heavy (non-hydrogen) atoms. The molecular weight excluding hydrogens is 228 g/mol. The number of nitrogens with zero attached hydrogens (tertiary/aromatic N) is 6. The Labute approximate surface area is 104 Å². The van der Waals surface area contributed by atoms with E-state index in [4.69, 9.17) is 0 Å². The highest BCUT2D eigenvalue weighted by atomic mass is 15.4. The van der Waals surface area contributed by atoms with Gasteiger partial charge in [0.1, 0.15) is 5.52 Å². The summed E-state index contributed by atoms with van der Waals surface area (Å²) in [6, 6.07) is 7.79. The van der Waals surface area contributed by atoms with E-state index >= 15 is 0 Å². The Morgan fingerprint density at radius 1 is 1.22 bits per heavy atom. The van der Waals surface area contributed by atoms with E-state index in [-0.39, 0.29) is 0 Å². The van der Waals surface area contributed by atoms with Gasteiger partial charge in [0.15, 0.2) is 5.82 Å². The highest BCUT2D eigenvalue weighted by Gasteiger charge is 2.08. The fourth-order valence-electron chi connectivity index (χ4n) is 1.74. The second-order valence-corrected chi connectivity index (χ2v) is 4.16. The highest BCUT2D eigenvalue weighted by Crippen LogP contribution is 2.21. The molecular formula is C12H12N6. The lowest BCUT2D eigenvalue weighted by molar-refractivity contribution is 0.643. The van der Waals surface area contributed by atoms with Gasteiger partial charge in [0.05, 0.1) is 23.6 Å². The van der Waals surface area contributed by atoms with E-state index in [2.05, 4.69) is 20.3 Å². The molecule has 0 bridgehead atoms. The summed E-state index contributed by atoms with van der Waals surface area (Å²) in [5.74, 6) is 0.618. The molecule has 3 aromatic rings. The van der Waals surface area contributed by atoms with Crippen LogP contribution >= 0.6 is 0 Å². The van der Waals surface area contributed by atoms with Gasteiger partial charge in [0.25, 0.3) is 0 Å². The van der Waals surface area contributed by atoms with Crippen LogP contribution in [0.25, 0.3) is 16.6 Å². The molecule has 0 unspecified atom stereocenters. The number of fused-ring (bicyclic) bond motifs is 3. The predicted octanol–water partition coefficient (Wildman–Crippen LogP) is 1.50. The van der Waals surface area contributed by atoms with Crippen molar-refractivity contribution < 1.29 is 0 Å². The fraction of sp³-hybridized carbons (Fsp3) is 0.167. The van der Waals surface area contributed by atoms with Gasteiger partial charge in [0, 0.05) is 14.1 Å². The molecule has 0 saturated carbocycles. The van der Waals surface area contributed by atoms with Crippen molar-refractivity contribution in [2.45, 2.75) is 0 Å². The molecule has 2 aromatic heterocycles. The van der Waals surface area contributed by atoms with Gasteiger partial charge < -0.3 is 4.90 Å². The van der Waals surface area contributed by atoms with E-state index in [1.807, 2.05) is 43.3 Å². The van der Waals surface area contributed by atoms with Gasteiger partial charge in [-0.1, -0.05) is 17.3 Å². The number of benzene rings is 1. The molecule has 0 aliphatic rings. The van der Waals surface area contributed by atoms with Crippen molar-refractivity contribution in [1.29, 1.82) is 0 Å². The smallest absolute Gasteiger partial charge is 0.182 e. The molecule has 0 amide bonds. The lowest BCUT2D eigenvalue weighted by atomic mass is 10.3. The first-order valence-corrected chi connectivity index (χ1v) is 5.55. The maximum Gasteiger partial charge on any atom is 0.182 e. The first-order chi connectivity index (χ1) is 8.75. The minimum Gasteiger partial charge on any atom is -0.369 e. The molecule has 0 atom stereocenters. The molecule has 0 radical (unpaired) electrons. The van der Waals surface area contributed by atoms with Crippen LogP contribution in [0.4, 0.5) is 5.82 Å². The van der Waals surface area contributed by atoms with Gasteiger partial charge in [-0.25, -0.2) is 14.5 Å². The van der Waals surface area contributed by atoms with Crippen molar-refractivity contribution in [1.82, 2.24) is 24.7 Å². The average molecular weight is 240 g/mol. The second kappa shape index (κ2) is 4.06. The molecule has 2 heterocycles. The molecule has 0 spiro atoms. The predicted molar refractivity (Wildman–Crippen MR) is 70.1 cm³/mol. The van der Waals surface area contributed by atoms with E-state index < -0.39 is 0 Å². The minimum atomic E-state index is 0.618. The Balaban J connectivity index is 2.32. The minimum absolute atomic E-state index is 0.618. The van der Waals surface area contributed by atoms with Gasteiger partial charge in [-0.3, -0.25) is 0 Å². The van der Waals surface area contributed by atoms with E-state index in [9.17, 15) is 0 Å². The number of aromatic nitrogens is 4. The van der Waals surface area contributed by atoms with Gasteiger partial charge in [-0.05, 0) is 12.1 Å². The van der Waals surface area contributed by atoms with E-state index in [1.54, 1.807) is 17.1 Å². The standard InChI is InChI=1S/C12H12N6/c1-17(2)8-13-12-11-7-14-16-18(11)10-6-4-3-5-9(10)15-12/h3-8H,1-2H3. The fourth-order valence-corrected chi connectivity index (χ4v) is 1.74. The molecule has 6 nitrogen and oxygen atoms in total. The lowest BCUT2D eigenvalue weighted by Crippen LogP contribution is -2.07. The Morgan fingerprint density at radius 3 is 2.89 bits per heavy atom. The summed E-state index contributed by atoms with van der Waals surface area (Å²) in [4.78, 5) is 10.7. The third-order valence-electron chi connectivity index (χ3n) is 2.53. The zero-order chi connectivity index (χ0) is 12.5. The van der Waals surface area contributed by atoms with Crippen LogP contribution in [0.3, 0.4) is 0 Å². The number of hydrogen-bond acceptors (Lipinski definition) is 4. The van der Waals surface area contributed by atoms with Crippen LogP contribution < -0.4 is 0 Å². The zero-order valence-corrected chi connectivity index (χ0v) is 10.1. The largest absolute Gasteiger partial charge is 0.369 e. The van der Waals surface area contributed by atoms with E-state index in [1.165, 1.54) is 0 Å². The summed E-state index contributed by atoms with van der Waals surface area (Å²) in [5, 5.41) is 8.00. The van der Waals surface area contributed by atoms with Crippen molar-refractivity contribution in [3.05, 3.63) is 30.5 Å². The first kappa shape index (κ1) is 10.6. The number of rotatable bonds is 2. The van der Waals surface area contributed by atoms with Gasteiger partial charge >= 0.3 is 0 Å². The van der Waals surface area contributed by atoms with Gasteiger partial charge in [-0.2, -0.15) is 0 Å². The quantitative estimate of drug-likeness (QED) is 0.503. The van der Waals surface area contributed by atoms with Crippen LogP contribution in [0, 0.1) is 0 Å². The first-order valence-electron chi connectivity index (χ1n) is 5.55. The highest BCUT2D eigenvalue weighted by molar-refractivity contribution is 5.83. The molecule has 90 valence electrons. The summed E-state index contributed by atoms with van der Waals surface area (Å²) >= 11 is 0. The van der Waals surface area contributed by atoms with Crippen molar-refractivity contribution in [3.63, 3.8) is 0 Å². The monoisotopic (exact) mass is 240 g/mol. The van der Waals surface area contributed by atoms with Crippen molar-refractivity contribution in [2.75, 3.05) is 14.1 Å². The van der Waals surface area contributed by atoms with Crippen molar-refractivity contribution >= 4 is 28.7 Å². The number of para-hydroxylation sites is 2. The zero-order valence-electron chi connectivity index (χ0n) is 10.1. The summed E-state index contributed by atoms with van der Waals surface area (Å²) in [5.41, 5.74) is 2.57. The van der Waals surface area contributed by atoms with Crippen LogP contribution in [-0.2, 0) is 0 Å². The second-order valence-electron chi connectivity index (χ2n) is 4.16. The summed E-state index contributed by atoms with van der Waals surface area (Å²) in [7, 11) is 3.83. The Hall–Kier alpha value is -2.50. The average Bonchev–Trinajstić information content (AvgIpc) is 2.85. The maximum atomic E-state index is 4.52. The summed E-state index contributed by atoms with van der Waals surface area (Å²) in [6.07, 6.45) is 3.38. The number of hydrogen-bond donors (Lipinski definition) is 0. The van der Waals surface area contributed by atoms with Crippen LogP contribution in [0.5, 0.6) is 0 Å². The van der Waals surface area contributed by atoms with Crippen LogP contribution in [0.2, 0.25) is 0 Å². The molecule has 6 heteroatoms. The van der Waals surface area contributed by atoms with Crippen molar-refractivity contribution in [2.24, 2.45) is 4.99 Å². The van der Waals surface area contributed by atoms with Crippen LogP contribution in [0.15, 0.2) is 35.5 Å². The number of aliphatic imine (C=N–C) groups is 1. The Morgan fingerprint density at radius 2 is 2.06 bits per heavy atom. The third-order valence-corrected chi connectivity index (χ3v) is 2.53. The molecule has 1 aromatic carbocycles. The molecule has 3 rings (SSSR count). The third kappa shape index (κ3) is 1.67. The summed E-state index contributed by atoms with van der Waals surface area (Å²) in [6.45, 7) is 0.